The Labute approximate surface area is 113 Å². The van der Waals surface area contributed by atoms with Crippen molar-refractivity contribution < 1.29 is 9.53 Å². The van der Waals surface area contributed by atoms with Crippen molar-refractivity contribution in [1.29, 1.82) is 0 Å². The molecule has 0 heterocycles. The monoisotopic (exact) mass is 269 g/mol. The number of nitrogens with one attached hydrogen (secondary N) is 1. The van der Waals surface area contributed by atoms with E-state index in [2.05, 4.69) is 26.1 Å². The molecule has 0 aliphatic rings. The first kappa shape index (κ1) is 14.8. The average molecular weight is 270 g/mol. The smallest absolute Gasteiger partial charge is 0.313 e. The molecule has 0 saturated heterocycles. The zero-order valence-corrected chi connectivity index (χ0v) is 12.3. The van der Waals surface area contributed by atoms with Crippen LogP contribution in [0.3, 0.4) is 0 Å². The molecule has 18 heavy (non-hydrogen) atoms. The van der Waals surface area contributed by atoms with Gasteiger partial charge in [-0.05, 0) is 48.2 Å². The van der Waals surface area contributed by atoms with Crippen LogP contribution in [0.5, 0.6) is 5.75 Å². The number of carbonyl (C=O) groups excluding carboxylic acids is 1. The van der Waals surface area contributed by atoms with E-state index in [-0.39, 0.29) is 5.41 Å². The minimum Gasteiger partial charge on any atom is -0.496 e. The molecule has 1 N–H and O–H groups in total. The third-order valence-corrected chi connectivity index (χ3v) is 3.49. The summed E-state index contributed by atoms with van der Waals surface area (Å²) in [6.45, 7) is 8.76. The molecule has 1 rings (SSSR count). The fourth-order valence-electron chi connectivity index (χ4n) is 2.14. The maximum absolute atomic E-state index is 10.8. The predicted molar refractivity (Wildman–Crippen MR) is 74.7 cm³/mol. The Morgan fingerprint density at radius 3 is 2.44 bits per heavy atom. The molecular formula is C14H20ClNO2. The van der Waals surface area contributed by atoms with Crippen LogP contribution in [0.25, 0.3) is 0 Å². The van der Waals surface area contributed by atoms with E-state index in [1.165, 1.54) is 11.1 Å². The maximum atomic E-state index is 10.8. The molecule has 4 heteroatoms. The Morgan fingerprint density at radius 2 is 1.94 bits per heavy atom. The SMILES string of the molecule is COc1ccc(C(C)(C)CNC(=O)Cl)c(C)c1C. The molecule has 0 aromatic heterocycles. The lowest BCUT2D eigenvalue weighted by Gasteiger charge is -2.28. The summed E-state index contributed by atoms with van der Waals surface area (Å²) in [4.78, 5) is 10.8. The topological polar surface area (TPSA) is 38.3 Å². The van der Waals surface area contributed by atoms with E-state index in [4.69, 9.17) is 16.3 Å². The van der Waals surface area contributed by atoms with Crippen LogP contribution in [0.1, 0.15) is 30.5 Å². The minimum absolute atomic E-state index is 0.175. The van der Waals surface area contributed by atoms with Gasteiger partial charge in [-0.25, -0.2) is 0 Å². The lowest BCUT2D eigenvalue weighted by atomic mass is 9.80. The molecule has 0 unspecified atom stereocenters. The average Bonchev–Trinajstić information content (AvgIpc) is 2.30. The quantitative estimate of drug-likeness (QED) is 0.671. The number of carbonyl (C=O) groups is 1. The van der Waals surface area contributed by atoms with E-state index in [0.29, 0.717) is 6.54 Å². The molecule has 0 fully saturated rings. The fraction of sp³-hybridized carbons (Fsp3) is 0.500. The molecule has 100 valence electrons. The van der Waals surface area contributed by atoms with Crippen molar-refractivity contribution >= 4 is 17.0 Å². The third kappa shape index (κ3) is 3.16. The second-order valence-corrected chi connectivity index (χ2v) is 5.42. The standard InChI is InChI=1S/C14H20ClNO2/c1-9-10(2)12(18-5)7-6-11(9)14(3,4)8-16-13(15)17/h6-7H,8H2,1-5H3,(H,16,17). The first-order chi connectivity index (χ1) is 8.29. The lowest BCUT2D eigenvalue weighted by molar-refractivity contribution is 0.257. The van der Waals surface area contributed by atoms with Gasteiger partial charge in [0.1, 0.15) is 5.75 Å². The van der Waals surface area contributed by atoms with Crippen molar-refractivity contribution in [3.8, 4) is 5.75 Å². The lowest BCUT2D eigenvalue weighted by Crippen LogP contribution is -2.34. The molecule has 0 aliphatic carbocycles. The van der Waals surface area contributed by atoms with Gasteiger partial charge in [0.15, 0.2) is 0 Å². The number of rotatable bonds is 4. The van der Waals surface area contributed by atoms with Crippen molar-refractivity contribution in [2.45, 2.75) is 33.1 Å². The molecule has 1 amide bonds. The summed E-state index contributed by atoms with van der Waals surface area (Å²) in [5.74, 6) is 0.883. The van der Waals surface area contributed by atoms with E-state index in [9.17, 15) is 4.79 Å². The molecule has 0 saturated carbocycles. The van der Waals surface area contributed by atoms with Crippen LogP contribution >= 0.6 is 11.6 Å². The van der Waals surface area contributed by atoms with Gasteiger partial charge < -0.3 is 10.1 Å². The van der Waals surface area contributed by atoms with Crippen LogP contribution in [0.4, 0.5) is 4.79 Å². The molecule has 0 bridgehead atoms. The highest BCUT2D eigenvalue weighted by Gasteiger charge is 2.24. The Hall–Kier alpha value is -1.22. The van der Waals surface area contributed by atoms with Gasteiger partial charge in [-0.15, -0.1) is 0 Å². The number of amides is 1. The van der Waals surface area contributed by atoms with Crippen LogP contribution in [-0.4, -0.2) is 19.0 Å². The molecule has 0 spiro atoms. The zero-order chi connectivity index (χ0) is 13.9. The van der Waals surface area contributed by atoms with Crippen LogP contribution in [0, 0.1) is 13.8 Å². The van der Waals surface area contributed by atoms with Crippen LogP contribution in [0.2, 0.25) is 0 Å². The van der Waals surface area contributed by atoms with E-state index in [1.807, 2.05) is 19.1 Å². The normalized spacial score (nSPS) is 11.2. The molecule has 0 radical (unpaired) electrons. The second-order valence-electron chi connectivity index (χ2n) is 5.08. The summed E-state index contributed by atoms with van der Waals surface area (Å²) in [7, 11) is 1.67. The predicted octanol–water partition coefficient (Wildman–Crippen LogP) is 3.54. The van der Waals surface area contributed by atoms with E-state index in [0.717, 1.165) is 11.3 Å². The van der Waals surface area contributed by atoms with Crippen molar-refractivity contribution in [2.75, 3.05) is 13.7 Å². The molecule has 0 atom stereocenters. The maximum Gasteiger partial charge on any atom is 0.313 e. The Morgan fingerprint density at radius 1 is 1.33 bits per heavy atom. The summed E-state index contributed by atoms with van der Waals surface area (Å²) < 4.78 is 5.30. The van der Waals surface area contributed by atoms with Gasteiger partial charge >= 0.3 is 5.37 Å². The molecule has 3 nitrogen and oxygen atoms in total. The highest BCUT2D eigenvalue weighted by Crippen LogP contribution is 2.31. The van der Waals surface area contributed by atoms with Gasteiger partial charge in [0, 0.05) is 12.0 Å². The van der Waals surface area contributed by atoms with Crippen molar-refractivity contribution in [1.82, 2.24) is 5.32 Å². The van der Waals surface area contributed by atoms with Gasteiger partial charge in [0.05, 0.1) is 7.11 Å². The number of hydrogen-bond donors (Lipinski definition) is 1. The summed E-state index contributed by atoms with van der Waals surface area (Å²) in [5, 5.41) is 2.13. The van der Waals surface area contributed by atoms with Crippen LogP contribution in [-0.2, 0) is 5.41 Å². The summed E-state index contributed by atoms with van der Waals surface area (Å²) >= 11 is 5.32. The van der Waals surface area contributed by atoms with E-state index >= 15 is 0 Å². The van der Waals surface area contributed by atoms with Gasteiger partial charge in [0.2, 0.25) is 0 Å². The van der Waals surface area contributed by atoms with Crippen LogP contribution in [0.15, 0.2) is 12.1 Å². The largest absolute Gasteiger partial charge is 0.496 e. The first-order valence-corrected chi connectivity index (χ1v) is 6.25. The highest BCUT2D eigenvalue weighted by molar-refractivity contribution is 6.62. The summed E-state index contributed by atoms with van der Waals surface area (Å²) in [6.07, 6.45) is 0. The van der Waals surface area contributed by atoms with E-state index < -0.39 is 5.37 Å². The third-order valence-electron chi connectivity index (χ3n) is 3.36. The number of ether oxygens (including phenoxy) is 1. The zero-order valence-electron chi connectivity index (χ0n) is 11.6. The Kier molecular flexibility index (Phi) is 4.63. The molecule has 1 aromatic carbocycles. The number of benzene rings is 1. The van der Waals surface area contributed by atoms with Crippen molar-refractivity contribution in [3.05, 3.63) is 28.8 Å². The van der Waals surface area contributed by atoms with Gasteiger partial charge in [-0.2, -0.15) is 0 Å². The summed E-state index contributed by atoms with van der Waals surface area (Å²) in [6, 6.07) is 4.00. The number of hydrogen-bond acceptors (Lipinski definition) is 2. The van der Waals surface area contributed by atoms with Gasteiger partial charge in [-0.3, -0.25) is 4.79 Å². The molecular weight excluding hydrogens is 250 g/mol. The van der Waals surface area contributed by atoms with Crippen LogP contribution < -0.4 is 10.1 Å². The van der Waals surface area contributed by atoms with Gasteiger partial charge in [-0.1, -0.05) is 19.9 Å². The minimum atomic E-state index is -0.522. The molecule has 0 aliphatic heterocycles. The highest BCUT2D eigenvalue weighted by atomic mass is 35.5. The second kappa shape index (κ2) is 5.61. The fourth-order valence-corrected chi connectivity index (χ4v) is 2.20. The van der Waals surface area contributed by atoms with Crippen molar-refractivity contribution in [3.63, 3.8) is 0 Å². The summed E-state index contributed by atoms with van der Waals surface area (Å²) in [5.41, 5.74) is 3.32. The number of methoxy groups -OCH3 is 1. The first-order valence-electron chi connectivity index (χ1n) is 5.87. The molecule has 1 aromatic rings. The van der Waals surface area contributed by atoms with Gasteiger partial charge in [0.25, 0.3) is 0 Å². The Balaban J connectivity index is 3.09. The van der Waals surface area contributed by atoms with E-state index in [1.54, 1.807) is 7.11 Å². The Bertz CT molecular complexity index is 455. The number of halogens is 1. The van der Waals surface area contributed by atoms with Crippen molar-refractivity contribution in [2.24, 2.45) is 0 Å².